The standard InChI is InChI=1S/C22H22N2O2/c1-3-21(20(15-16-23)22(25)26-4-2)24(19-13-9-6-10-14-19)17-18-11-7-5-8-12-18/h3,5-14H,1,4,15,17H2,2H3/b21-20+. The number of carbonyl (C=O) groups is 1. The predicted molar refractivity (Wildman–Crippen MR) is 103 cm³/mol. The molecule has 0 radical (unpaired) electrons. The van der Waals surface area contributed by atoms with Crippen LogP contribution in [0.3, 0.4) is 0 Å². The van der Waals surface area contributed by atoms with Gasteiger partial charge in [0, 0.05) is 12.2 Å². The molecule has 0 aliphatic carbocycles. The number of nitriles is 1. The van der Waals surface area contributed by atoms with Gasteiger partial charge in [-0.3, -0.25) is 0 Å². The molecule has 0 atom stereocenters. The summed E-state index contributed by atoms with van der Waals surface area (Å²) in [6.07, 6.45) is 1.57. The van der Waals surface area contributed by atoms with Crippen molar-refractivity contribution in [3.8, 4) is 6.07 Å². The SMILES string of the molecule is C=C/C(=C(/CC#N)C(=O)OCC)N(Cc1ccccc1)c1ccccc1. The van der Waals surface area contributed by atoms with Crippen LogP contribution in [-0.2, 0) is 16.1 Å². The number of ether oxygens (including phenoxy) is 1. The zero-order chi connectivity index (χ0) is 18.8. The zero-order valence-electron chi connectivity index (χ0n) is 14.9. The molecule has 2 rings (SSSR count). The molecule has 0 bridgehead atoms. The highest BCUT2D eigenvalue weighted by atomic mass is 16.5. The fourth-order valence-corrected chi connectivity index (χ4v) is 2.65. The van der Waals surface area contributed by atoms with Gasteiger partial charge in [0.2, 0.25) is 0 Å². The maximum absolute atomic E-state index is 12.4. The van der Waals surface area contributed by atoms with Gasteiger partial charge in [0.15, 0.2) is 0 Å². The van der Waals surface area contributed by atoms with E-state index in [1.54, 1.807) is 13.0 Å². The largest absolute Gasteiger partial charge is 0.463 e. The Kier molecular flexibility index (Phi) is 7.20. The normalized spacial score (nSPS) is 11.1. The van der Waals surface area contributed by atoms with Crippen LogP contribution in [0.5, 0.6) is 0 Å². The maximum Gasteiger partial charge on any atom is 0.337 e. The number of anilines is 1. The number of benzene rings is 2. The van der Waals surface area contributed by atoms with Crippen LogP contribution >= 0.6 is 0 Å². The first kappa shape index (κ1) is 19.0. The van der Waals surface area contributed by atoms with Gasteiger partial charge in [0.25, 0.3) is 0 Å². The zero-order valence-corrected chi connectivity index (χ0v) is 14.9. The lowest BCUT2D eigenvalue weighted by Gasteiger charge is -2.28. The number of rotatable bonds is 8. The van der Waals surface area contributed by atoms with Crippen molar-refractivity contribution < 1.29 is 9.53 Å². The Morgan fingerprint density at radius 1 is 1.15 bits per heavy atom. The van der Waals surface area contributed by atoms with Crippen molar-refractivity contribution in [3.63, 3.8) is 0 Å². The van der Waals surface area contributed by atoms with E-state index in [1.807, 2.05) is 65.6 Å². The third kappa shape index (κ3) is 4.84. The van der Waals surface area contributed by atoms with Gasteiger partial charge in [-0.25, -0.2) is 4.79 Å². The Balaban J connectivity index is 2.56. The smallest absolute Gasteiger partial charge is 0.337 e. The molecule has 0 aliphatic heterocycles. The van der Waals surface area contributed by atoms with Crippen molar-refractivity contribution in [1.82, 2.24) is 0 Å². The predicted octanol–water partition coefficient (Wildman–Crippen LogP) is 4.61. The summed E-state index contributed by atoms with van der Waals surface area (Å²) in [7, 11) is 0. The topological polar surface area (TPSA) is 53.3 Å². The summed E-state index contributed by atoms with van der Waals surface area (Å²) < 4.78 is 5.15. The van der Waals surface area contributed by atoms with Gasteiger partial charge in [-0.15, -0.1) is 0 Å². The van der Waals surface area contributed by atoms with Crippen LogP contribution in [-0.4, -0.2) is 12.6 Å². The van der Waals surface area contributed by atoms with Gasteiger partial charge in [-0.1, -0.05) is 55.1 Å². The Bertz CT molecular complexity index is 805. The van der Waals surface area contributed by atoms with E-state index in [0.29, 0.717) is 17.8 Å². The average molecular weight is 346 g/mol. The van der Waals surface area contributed by atoms with Crippen LogP contribution in [0.25, 0.3) is 0 Å². The minimum atomic E-state index is -0.488. The van der Waals surface area contributed by atoms with E-state index in [9.17, 15) is 10.1 Å². The third-order valence-electron chi connectivity index (χ3n) is 3.82. The van der Waals surface area contributed by atoms with Gasteiger partial charge in [-0.2, -0.15) is 5.26 Å². The summed E-state index contributed by atoms with van der Waals surface area (Å²) in [5.74, 6) is -0.488. The quantitative estimate of drug-likeness (QED) is 0.398. The molecule has 4 nitrogen and oxygen atoms in total. The molecule has 2 aromatic rings. The first-order valence-electron chi connectivity index (χ1n) is 8.47. The van der Waals surface area contributed by atoms with E-state index in [-0.39, 0.29) is 13.0 Å². The minimum absolute atomic E-state index is 0.0433. The molecule has 2 aromatic carbocycles. The average Bonchev–Trinajstić information content (AvgIpc) is 2.68. The summed E-state index contributed by atoms with van der Waals surface area (Å²) in [4.78, 5) is 14.4. The van der Waals surface area contributed by atoms with Crippen LogP contribution in [0, 0.1) is 11.3 Å². The number of esters is 1. The van der Waals surface area contributed by atoms with Crippen LogP contribution in [0.2, 0.25) is 0 Å². The molecule has 0 saturated heterocycles. The van der Waals surface area contributed by atoms with Crippen molar-refractivity contribution in [2.24, 2.45) is 0 Å². The highest BCUT2D eigenvalue weighted by molar-refractivity contribution is 5.91. The first-order chi connectivity index (χ1) is 12.7. The number of para-hydroxylation sites is 1. The second kappa shape index (κ2) is 9.85. The van der Waals surface area contributed by atoms with Crippen LogP contribution < -0.4 is 4.90 Å². The Labute approximate surface area is 154 Å². The maximum atomic E-state index is 12.4. The molecule has 132 valence electrons. The van der Waals surface area contributed by atoms with Crippen molar-refractivity contribution in [1.29, 1.82) is 5.26 Å². The summed E-state index contributed by atoms with van der Waals surface area (Å²) in [5, 5.41) is 9.20. The van der Waals surface area contributed by atoms with E-state index in [4.69, 9.17) is 4.74 Å². The number of hydrogen-bond acceptors (Lipinski definition) is 4. The first-order valence-corrected chi connectivity index (χ1v) is 8.47. The van der Waals surface area contributed by atoms with Crippen molar-refractivity contribution >= 4 is 11.7 Å². The lowest BCUT2D eigenvalue weighted by molar-refractivity contribution is -0.138. The van der Waals surface area contributed by atoms with Gasteiger partial charge < -0.3 is 9.64 Å². The molecule has 26 heavy (non-hydrogen) atoms. The van der Waals surface area contributed by atoms with Crippen LogP contribution in [0.1, 0.15) is 18.9 Å². The fraction of sp³-hybridized carbons (Fsp3) is 0.182. The molecule has 0 spiro atoms. The Hall–Kier alpha value is -3.32. The molecular formula is C22H22N2O2. The molecule has 0 aromatic heterocycles. The summed E-state index contributed by atoms with van der Waals surface area (Å²) >= 11 is 0. The van der Waals surface area contributed by atoms with E-state index in [2.05, 4.69) is 12.6 Å². The number of allylic oxidation sites excluding steroid dienone is 1. The highest BCUT2D eigenvalue weighted by Crippen LogP contribution is 2.26. The highest BCUT2D eigenvalue weighted by Gasteiger charge is 2.21. The van der Waals surface area contributed by atoms with Crippen LogP contribution in [0.4, 0.5) is 5.69 Å². The van der Waals surface area contributed by atoms with E-state index in [0.717, 1.165) is 11.3 Å². The van der Waals surface area contributed by atoms with Crippen molar-refractivity contribution in [3.05, 3.63) is 90.2 Å². The summed E-state index contributed by atoms with van der Waals surface area (Å²) in [5.41, 5.74) is 2.88. The number of hydrogen-bond donors (Lipinski definition) is 0. The molecule has 0 unspecified atom stereocenters. The molecule has 0 fully saturated rings. The summed E-state index contributed by atoms with van der Waals surface area (Å²) in [6, 6.07) is 21.7. The Morgan fingerprint density at radius 2 is 1.77 bits per heavy atom. The molecule has 4 heteroatoms. The second-order valence-electron chi connectivity index (χ2n) is 5.53. The molecule has 0 aliphatic rings. The van der Waals surface area contributed by atoms with Gasteiger partial charge >= 0.3 is 5.97 Å². The number of nitrogens with zero attached hydrogens (tertiary/aromatic N) is 2. The molecule has 0 saturated carbocycles. The van der Waals surface area contributed by atoms with E-state index in [1.165, 1.54) is 0 Å². The minimum Gasteiger partial charge on any atom is -0.463 e. The third-order valence-corrected chi connectivity index (χ3v) is 3.82. The monoisotopic (exact) mass is 346 g/mol. The van der Waals surface area contributed by atoms with Crippen molar-refractivity contribution in [2.45, 2.75) is 19.9 Å². The van der Waals surface area contributed by atoms with Gasteiger partial charge in [-0.05, 0) is 30.7 Å². The van der Waals surface area contributed by atoms with E-state index >= 15 is 0 Å². The molecule has 0 heterocycles. The second-order valence-corrected chi connectivity index (χ2v) is 5.53. The Morgan fingerprint density at radius 3 is 2.31 bits per heavy atom. The van der Waals surface area contributed by atoms with Crippen molar-refractivity contribution in [2.75, 3.05) is 11.5 Å². The summed E-state index contributed by atoms with van der Waals surface area (Å²) in [6.45, 7) is 6.42. The number of carbonyl (C=O) groups excluding carboxylic acids is 1. The van der Waals surface area contributed by atoms with E-state index < -0.39 is 5.97 Å². The van der Waals surface area contributed by atoms with Gasteiger partial charge in [0.05, 0.1) is 30.4 Å². The fourth-order valence-electron chi connectivity index (χ4n) is 2.65. The lowest BCUT2D eigenvalue weighted by Crippen LogP contribution is -2.25. The lowest BCUT2D eigenvalue weighted by atomic mass is 10.1. The molecule has 0 N–H and O–H groups in total. The van der Waals surface area contributed by atoms with Crippen LogP contribution in [0.15, 0.2) is 84.6 Å². The molecule has 0 amide bonds. The van der Waals surface area contributed by atoms with Gasteiger partial charge in [0.1, 0.15) is 0 Å². The molecular weight excluding hydrogens is 324 g/mol.